The van der Waals surface area contributed by atoms with Crippen molar-refractivity contribution in [2.75, 3.05) is 13.2 Å². The molecule has 0 saturated carbocycles. The molecule has 8 rings (SSSR count). The Morgan fingerprint density at radius 1 is 0.754 bits per heavy atom. The normalized spacial score (nSPS) is 50.9. The van der Waals surface area contributed by atoms with Crippen LogP contribution in [0.1, 0.15) is 112 Å². The Morgan fingerprint density at radius 3 is 2.30 bits per heavy atom. The Kier molecular flexibility index (Phi) is 12.9. The fourth-order valence-electron chi connectivity index (χ4n) is 11.2. The molecular weight excluding hydrogens is 736 g/mol. The molecule has 0 amide bonds. The molecule has 8 heterocycles. The summed E-state index contributed by atoms with van der Waals surface area (Å²) in [4.78, 5) is 14.1. The van der Waals surface area contributed by atoms with Crippen LogP contribution in [0.4, 0.5) is 0 Å². The Morgan fingerprint density at radius 2 is 1.51 bits per heavy atom. The van der Waals surface area contributed by atoms with Gasteiger partial charge in [-0.1, -0.05) is 27.0 Å². The number of hydrogen-bond donors (Lipinski definition) is 2. The summed E-state index contributed by atoms with van der Waals surface area (Å²) in [6.45, 7) is 19.5. The van der Waals surface area contributed by atoms with Gasteiger partial charge >= 0.3 is 5.97 Å². The van der Waals surface area contributed by atoms with E-state index in [0.717, 1.165) is 43.3 Å². The minimum absolute atomic E-state index is 0.00135. The molecule has 0 aromatic rings. The highest BCUT2D eigenvalue weighted by Crippen LogP contribution is 2.45. The summed E-state index contributed by atoms with van der Waals surface area (Å²) in [7, 11) is 0. The van der Waals surface area contributed by atoms with Crippen LogP contribution < -0.4 is 0 Å². The number of rotatable bonds is 4. The summed E-state index contributed by atoms with van der Waals surface area (Å²) in [6.07, 6.45) is 0.801. The van der Waals surface area contributed by atoms with Crippen molar-refractivity contribution in [1.29, 1.82) is 0 Å². The number of carbonyl (C=O) groups excluding carboxylic acids is 1. The van der Waals surface area contributed by atoms with Gasteiger partial charge in [-0.05, 0) is 89.2 Å². The van der Waals surface area contributed by atoms with Crippen LogP contribution in [0.25, 0.3) is 0 Å². The standard InChI is InChI=1S/C44H68O13/c1-8-48-42-40-26(6)56-44(7)15-13-29-18-23(3)31(49-29)11-9-27-17-22(2)24(4)34(50-27)21-36-39(25(5)38-35(52-36)20-30(46)32(53-38)14-16-45)55-37(47)19-28-10-12-33(54-40)41(51-28)43(42)57-44/h22,25-36,38-43,45-46H,3-4,8-21H2,1-2,5-7H3/t22-,25+,26+,27+,28?,29?,30-,31+,32-,33+,34?,35?,36?,38+,39-,40+,41+,42-,43+,44-/m1/s1. The van der Waals surface area contributed by atoms with E-state index in [1.54, 1.807) is 0 Å². The number of hydrogen-bond acceptors (Lipinski definition) is 13. The van der Waals surface area contributed by atoms with E-state index in [0.29, 0.717) is 45.1 Å². The van der Waals surface area contributed by atoms with Crippen molar-refractivity contribution in [3.63, 3.8) is 0 Å². The number of aliphatic hydroxyl groups is 2. The summed E-state index contributed by atoms with van der Waals surface area (Å²) in [5, 5.41) is 20.7. The van der Waals surface area contributed by atoms with Crippen molar-refractivity contribution in [1.82, 2.24) is 0 Å². The average molecular weight is 805 g/mol. The monoisotopic (exact) mass is 804 g/mol. The van der Waals surface area contributed by atoms with Crippen LogP contribution in [0, 0.1) is 11.8 Å². The van der Waals surface area contributed by atoms with Gasteiger partial charge in [-0.3, -0.25) is 4.79 Å². The zero-order valence-corrected chi connectivity index (χ0v) is 34.7. The molecule has 8 saturated heterocycles. The van der Waals surface area contributed by atoms with Gasteiger partial charge in [0.05, 0.1) is 79.7 Å². The molecule has 9 bridgehead atoms. The Bertz CT molecular complexity index is 1440. The average Bonchev–Trinajstić information content (AvgIpc) is 3.50. The van der Waals surface area contributed by atoms with Gasteiger partial charge in [0.1, 0.15) is 30.5 Å². The molecule has 13 heteroatoms. The molecule has 0 aromatic carbocycles. The van der Waals surface area contributed by atoms with E-state index < -0.39 is 66.8 Å². The Labute approximate surface area is 338 Å². The van der Waals surface area contributed by atoms with Crippen molar-refractivity contribution in [3.8, 4) is 0 Å². The highest BCUT2D eigenvalue weighted by Gasteiger charge is 2.58. The van der Waals surface area contributed by atoms with Crippen LogP contribution >= 0.6 is 0 Å². The van der Waals surface area contributed by atoms with Gasteiger partial charge in [-0.15, -0.1) is 0 Å². The quantitative estimate of drug-likeness (QED) is 0.295. The molecule has 0 aromatic heterocycles. The number of carbonyl (C=O) groups is 1. The first-order valence-electron chi connectivity index (χ1n) is 22.1. The molecule has 5 unspecified atom stereocenters. The lowest BCUT2D eigenvalue weighted by Gasteiger charge is -2.51. The lowest BCUT2D eigenvalue weighted by molar-refractivity contribution is -0.302. The van der Waals surface area contributed by atoms with Gasteiger partial charge in [0.25, 0.3) is 0 Å². The summed E-state index contributed by atoms with van der Waals surface area (Å²) >= 11 is 0. The highest BCUT2D eigenvalue weighted by atomic mass is 16.7. The zero-order valence-electron chi connectivity index (χ0n) is 34.7. The van der Waals surface area contributed by atoms with E-state index in [4.69, 9.17) is 47.4 Å². The molecule has 2 N–H and O–H groups in total. The van der Waals surface area contributed by atoms with E-state index in [1.165, 1.54) is 0 Å². The van der Waals surface area contributed by atoms with Gasteiger partial charge in [0, 0.05) is 38.4 Å². The Hall–Kier alpha value is -1.49. The molecule has 0 radical (unpaired) electrons. The van der Waals surface area contributed by atoms with Crippen LogP contribution in [-0.2, 0) is 52.2 Å². The second kappa shape index (κ2) is 17.5. The van der Waals surface area contributed by atoms with Gasteiger partial charge in [0.15, 0.2) is 5.79 Å². The van der Waals surface area contributed by atoms with Crippen LogP contribution in [0.2, 0.25) is 0 Å². The second-order valence-electron chi connectivity index (χ2n) is 18.5. The van der Waals surface area contributed by atoms with Crippen molar-refractivity contribution in [3.05, 3.63) is 24.3 Å². The molecule has 0 spiro atoms. The fourth-order valence-corrected chi connectivity index (χ4v) is 11.2. The molecule has 8 fully saturated rings. The zero-order chi connectivity index (χ0) is 40.2. The predicted octanol–water partition coefficient (Wildman–Crippen LogP) is 4.86. The first-order valence-corrected chi connectivity index (χ1v) is 22.1. The first kappa shape index (κ1) is 42.2. The van der Waals surface area contributed by atoms with Crippen LogP contribution in [0.15, 0.2) is 24.3 Å². The molecule has 8 aliphatic heterocycles. The van der Waals surface area contributed by atoms with E-state index in [9.17, 15) is 15.0 Å². The van der Waals surface area contributed by atoms with E-state index in [2.05, 4.69) is 20.1 Å². The maximum Gasteiger partial charge on any atom is 0.308 e. The lowest BCUT2D eigenvalue weighted by atomic mass is 9.79. The lowest BCUT2D eigenvalue weighted by Crippen LogP contribution is -2.63. The topological polar surface area (TPSA) is 150 Å². The summed E-state index contributed by atoms with van der Waals surface area (Å²) in [5.41, 5.74) is 2.12. The predicted molar refractivity (Wildman–Crippen MR) is 206 cm³/mol. The van der Waals surface area contributed by atoms with Gasteiger partial charge in [-0.2, -0.15) is 0 Å². The van der Waals surface area contributed by atoms with E-state index in [-0.39, 0.29) is 73.6 Å². The molecule has 8 aliphatic rings. The smallest absolute Gasteiger partial charge is 0.308 e. The number of aliphatic hydroxyl groups excluding tert-OH is 2. The third kappa shape index (κ3) is 8.82. The largest absolute Gasteiger partial charge is 0.459 e. The highest BCUT2D eigenvalue weighted by molar-refractivity contribution is 5.70. The third-order valence-electron chi connectivity index (χ3n) is 14.3. The molecule has 20 atom stereocenters. The summed E-state index contributed by atoms with van der Waals surface area (Å²) < 4.78 is 66.7. The summed E-state index contributed by atoms with van der Waals surface area (Å²) in [6, 6.07) is 0. The van der Waals surface area contributed by atoms with Crippen molar-refractivity contribution in [2.45, 2.75) is 221 Å². The van der Waals surface area contributed by atoms with E-state index in [1.807, 2.05) is 27.7 Å². The molecule has 0 aliphatic carbocycles. The number of ether oxygens (including phenoxy) is 10. The van der Waals surface area contributed by atoms with Crippen molar-refractivity contribution < 1.29 is 62.4 Å². The SMILES string of the molecule is C=C1C2CC3OC4C[C@@H](O)[C@@H](CCO)O[C@H]4[C@H](C)[C@H]3OC(=O)CC3CC[C@@H]4O[C@@H]5[C@@H](OCC)[C@@H](O[C@](C)(CCC6CC(=C)[C@H](CC[C@@H](C[C@H]1C)O2)O6)O[C@H]5C)[C@H]4O3. The number of fused-ring (bicyclic) bond motifs is 9. The second-order valence-corrected chi connectivity index (χ2v) is 18.5. The molecule has 322 valence electrons. The van der Waals surface area contributed by atoms with Gasteiger partial charge in [0.2, 0.25) is 0 Å². The van der Waals surface area contributed by atoms with Gasteiger partial charge < -0.3 is 57.6 Å². The minimum Gasteiger partial charge on any atom is -0.459 e. The van der Waals surface area contributed by atoms with E-state index >= 15 is 0 Å². The number of esters is 1. The van der Waals surface area contributed by atoms with Gasteiger partial charge in [-0.25, -0.2) is 0 Å². The van der Waals surface area contributed by atoms with Crippen LogP contribution in [-0.4, -0.2) is 139 Å². The molecular formula is C44H68O13. The third-order valence-corrected chi connectivity index (χ3v) is 14.3. The van der Waals surface area contributed by atoms with Crippen LogP contribution in [0.5, 0.6) is 0 Å². The fraction of sp³-hybridized carbons (Fsp3) is 0.886. The van der Waals surface area contributed by atoms with Crippen molar-refractivity contribution in [2.24, 2.45) is 11.8 Å². The molecule has 13 nitrogen and oxygen atoms in total. The molecule has 57 heavy (non-hydrogen) atoms. The maximum absolute atomic E-state index is 14.1. The van der Waals surface area contributed by atoms with Crippen LogP contribution in [0.3, 0.4) is 0 Å². The first-order chi connectivity index (χ1) is 27.3. The van der Waals surface area contributed by atoms with Crippen molar-refractivity contribution >= 4 is 5.97 Å². The maximum atomic E-state index is 14.1. The minimum atomic E-state index is -0.942. The summed E-state index contributed by atoms with van der Waals surface area (Å²) in [5.74, 6) is -1.35. The Balaban J connectivity index is 1.08.